The fourth-order valence-electron chi connectivity index (χ4n) is 2.16. The minimum Gasteiger partial charge on any atom is -0.504 e. The van der Waals surface area contributed by atoms with Crippen molar-refractivity contribution in [2.24, 2.45) is 10.7 Å². The molecule has 6 nitrogen and oxygen atoms in total. The molecule has 104 valence electrons. The molecule has 2 rings (SSSR count). The summed E-state index contributed by atoms with van der Waals surface area (Å²) in [4.78, 5) is 17.0. The number of phenolic OH excluding ortho intramolecular Hbond substituents is 1. The minimum atomic E-state index is -0.578. The lowest BCUT2D eigenvalue weighted by atomic mass is 10.0. The monoisotopic (exact) mass is 273 g/mol. The molecule has 0 fully saturated rings. The number of terminal acetylenes is 1. The van der Waals surface area contributed by atoms with Gasteiger partial charge in [0.2, 0.25) is 0 Å². The Morgan fingerprint density at radius 2 is 2.30 bits per heavy atom. The highest BCUT2D eigenvalue weighted by Gasteiger charge is 2.37. The van der Waals surface area contributed by atoms with Gasteiger partial charge in [-0.3, -0.25) is 4.90 Å². The van der Waals surface area contributed by atoms with Gasteiger partial charge in [0.15, 0.2) is 11.5 Å². The Kier molecular flexibility index (Phi) is 3.53. The molecule has 6 heteroatoms. The molecule has 1 aromatic rings. The van der Waals surface area contributed by atoms with Crippen molar-refractivity contribution in [3.8, 4) is 23.8 Å². The lowest BCUT2D eigenvalue weighted by Gasteiger charge is -2.27. The molecule has 2 unspecified atom stereocenters. The van der Waals surface area contributed by atoms with Gasteiger partial charge in [-0.2, -0.15) is 4.99 Å². The van der Waals surface area contributed by atoms with E-state index in [2.05, 4.69) is 10.9 Å². The van der Waals surface area contributed by atoms with Crippen molar-refractivity contribution in [1.82, 2.24) is 4.90 Å². The summed E-state index contributed by atoms with van der Waals surface area (Å²) in [5.41, 5.74) is 6.43. The Balaban J connectivity index is 2.44. The number of methoxy groups -OCH3 is 1. The van der Waals surface area contributed by atoms with Crippen molar-refractivity contribution < 1.29 is 14.6 Å². The first-order chi connectivity index (χ1) is 9.49. The number of phenols is 1. The van der Waals surface area contributed by atoms with Crippen LogP contribution in [0.3, 0.4) is 0 Å². The molecule has 1 aliphatic heterocycles. The molecule has 0 saturated carbocycles. The Hall–Kier alpha value is -2.68. The molecule has 0 aromatic heterocycles. The predicted molar refractivity (Wildman–Crippen MR) is 74.6 cm³/mol. The van der Waals surface area contributed by atoms with Gasteiger partial charge in [-0.05, 0) is 24.6 Å². The van der Waals surface area contributed by atoms with Gasteiger partial charge in [0.05, 0.1) is 13.2 Å². The zero-order chi connectivity index (χ0) is 14.9. The molecule has 0 spiro atoms. The van der Waals surface area contributed by atoms with Crippen LogP contribution < -0.4 is 10.5 Å². The number of aliphatic imine (C=N–C) groups is 1. The third kappa shape index (κ3) is 2.14. The van der Waals surface area contributed by atoms with Gasteiger partial charge in [0, 0.05) is 0 Å². The third-order valence-electron chi connectivity index (χ3n) is 3.18. The first-order valence-electron chi connectivity index (χ1n) is 5.99. The van der Waals surface area contributed by atoms with E-state index < -0.39 is 18.1 Å². The van der Waals surface area contributed by atoms with Crippen LogP contribution in [0.15, 0.2) is 23.2 Å². The number of carbonyl (C=O) groups excluding carboxylic acids is 1. The van der Waals surface area contributed by atoms with E-state index in [-0.39, 0.29) is 11.6 Å². The zero-order valence-electron chi connectivity index (χ0n) is 11.2. The van der Waals surface area contributed by atoms with Gasteiger partial charge < -0.3 is 15.6 Å². The Morgan fingerprint density at radius 1 is 1.60 bits per heavy atom. The molecule has 0 saturated heterocycles. The third-order valence-corrected chi connectivity index (χ3v) is 3.18. The molecule has 2 amide bonds. The second kappa shape index (κ2) is 5.13. The highest BCUT2D eigenvalue weighted by Crippen LogP contribution is 2.34. The van der Waals surface area contributed by atoms with E-state index >= 15 is 0 Å². The molecule has 0 aliphatic carbocycles. The number of amides is 2. The summed E-state index contributed by atoms with van der Waals surface area (Å²) in [6.07, 6.45) is 5.37. The van der Waals surface area contributed by atoms with Crippen LogP contribution in [0.25, 0.3) is 0 Å². The van der Waals surface area contributed by atoms with Gasteiger partial charge in [0.25, 0.3) is 0 Å². The van der Waals surface area contributed by atoms with Crippen LogP contribution in [0.5, 0.6) is 11.5 Å². The van der Waals surface area contributed by atoms with E-state index in [4.69, 9.17) is 16.9 Å². The maximum atomic E-state index is 11.9. The van der Waals surface area contributed by atoms with Crippen molar-refractivity contribution in [2.75, 3.05) is 7.11 Å². The summed E-state index contributed by atoms with van der Waals surface area (Å²) in [5, 5.41) is 9.84. The lowest BCUT2D eigenvalue weighted by molar-refractivity contribution is 0.199. The van der Waals surface area contributed by atoms with Crippen molar-refractivity contribution in [2.45, 2.75) is 19.0 Å². The number of hydrogen-bond donors (Lipinski definition) is 2. The van der Waals surface area contributed by atoms with Crippen LogP contribution >= 0.6 is 0 Å². The summed E-state index contributed by atoms with van der Waals surface area (Å²) in [7, 11) is 1.45. The fourth-order valence-corrected chi connectivity index (χ4v) is 2.16. The SMILES string of the molecule is C#CC(C)N1C(=O)N=C(N)C1c1ccc(OC)c(O)c1. The summed E-state index contributed by atoms with van der Waals surface area (Å²) in [6.45, 7) is 1.71. The summed E-state index contributed by atoms with van der Waals surface area (Å²) in [5.74, 6) is 2.94. The van der Waals surface area contributed by atoms with E-state index in [0.717, 1.165) is 0 Å². The maximum Gasteiger partial charge on any atom is 0.347 e. The predicted octanol–water partition coefficient (Wildman–Crippen LogP) is 1.26. The number of aromatic hydroxyl groups is 1. The van der Waals surface area contributed by atoms with Gasteiger partial charge >= 0.3 is 6.03 Å². The van der Waals surface area contributed by atoms with Crippen LogP contribution in [0, 0.1) is 12.3 Å². The van der Waals surface area contributed by atoms with Gasteiger partial charge in [-0.15, -0.1) is 6.42 Å². The largest absolute Gasteiger partial charge is 0.504 e. The van der Waals surface area contributed by atoms with Crippen molar-refractivity contribution >= 4 is 11.9 Å². The fraction of sp³-hybridized carbons (Fsp3) is 0.286. The van der Waals surface area contributed by atoms with Crippen LogP contribution in [-0.2, 0) is 0 Å². The second-order valence-corrected chi connectivity index (χ2v) is 4.40. The number of rotatable bonds is 3. The summed E-state index contributed by atoms with van der Waals surface area (Å²) >= 11 is 0. The molecule has 1 aliphatic rings. The van der Waals surface area contributed by atoms with E-state index in [9.17, 15) is 9.90 Å². The van der Waals surface area contributed by atoms with Crippen LogP contribution in [0.1, 0.15) is 18.5 Å². The number of urea groups is 1. The first-order valence-corrected chi connectivity index (χ1v) is 5.99. The summed E-state index contributed by atoms with van der Waals surface area (Å²) in [6, 6.07) is 3.28. The van der Waals surface area contributed by atoms with Crippen LogP contribution in [0.4, 0.5) is 4.79 Å². The average molecular weight is 273 g/mol. The van der Waals surface area contributed by atoms with Gasteiger partial charge in [-0.25, -0.2) is 4.79 Å². The molecule has 20 heavy (non-hydrogen) atoms. The molecular formula is C14H15N3O3. The van der Waals surface area contributed by atoms with Crippen molar-refractivity contribution in [3.63, 3.8) is 0 Å². The number of benzene rings is 1. The van der Waals surface area contributed by atoms with Crippen molar-refractivity contribution in [3.05, 3.63) is 23.8 Å². The standard InChI is InChI=1S/C14H15N3O3/c1-4-8(2)17-12(13(15)16-14(17)19)9-5-6-11(20-3)10(18)7-9/h1,5-8,12,18H,2-3H3,(H2,15,16,19). The molecular weight excluding hydrogens is 258 g/mol. The van der Waals surface area contributed by atoms with Gasteiger partial charge in [-0.1, -0.05) is 12.0 Å². The molecule has 3 N–H and O–H groups in total. The second-order valence-electron chi connectivity index (χ2n) is 4.40. The van der Waals surface area contributed by atoms with Crippen LogP contribution in [0.2, 0.25) is 0 Å². The number of nitrogens with two attached hydrogens (primary N) is 1. The maximum absolute atomic E-state index is 11.9. The number of amidine groups is 1. The zero-order valence-corrected chi connectivity index (χ0v) is 11.2. The molecule has 1 heterocycles. The lowest BCUT2D eigenvalue weighted by Crippen LogP contribution is -2.38. The average Bonchev–Trinajstić information content (AvgIpc) is 2.72. The molecule has 1 aromatic carbocycles. The Morgan fingerprint density at radius 3 is 2.85 bits per heavy atom. The van der Waals surface area contributed by atoms with Crippen LogP contribution in [-0.4, -0.2) is 35.0 Å². The normalized spacial score (nSPS) is 19.4. The number of carbonyl (C=O) groups is 1. The molecule has 0 bridgehead atoms. The first kappa shape index (κ1) is 13.7. The van der Waals surface area contributed by atoms with E-state index in [0.29, 0.717) is 11.3 Å². The molecule has 2 atom stereocenters. The number of hydrogen-bond acceptors (Lipinski definition) is 4. The highest BCUT2D eigenvalue weighted by molar-refractivity contribution is 6.03. The number of ether oxygens (including phenoxy) is 1. The highest BCUT2D eigenvalue weighted by atomic mass is 16.5. The molecule has 0 radical (unpaired) electrons. The quantitative estimate of drug-likeness (QED) is 0.811. The number of nitrogens with zero attached hydrogens (tertiary/aromatic N) is 2. The van der Waals surface area contributed by atoms with Gasteiger partial charge in [0.1, 0.15) is 11.9 Å². The minimum absolute atomic E-state index is 0.0366. The van der Waals surface area contributed by atoms with E-state index in [1.165, 1.54) is 18.1 Å². The van der Waals surface area contributed by atoms with Crippen molar-refractivity contribution in [1.29, 1.82) is 0 Å². The topological polar surface area (TPSA) is 88.2 Å². The van der Waals surface area contributed by atoms with E-state index in [1.54, 1.807) is 19.1 Å². The smallest absolute Gasteiger partial charge is 0.347 e. The van der Waals surface area contributed by atoms with E-state index in [1.807, 2.05) is 0 Å². The summed E-state index contributed by atoms with van der Waals surface area (Å²) < 4.78 is 4.98. The Bertz CT molecular complexity index is 619. The Labute approximate surface area is 116 Å².